The van der Waals surface area contributed by atoms with Crippen molar-refractivity contribution in [2.75, 3.05) is 5.32 Å². The molecule has 3 N–H and O–H groups in total. The Hall–Kier alpha value is -2.41. The number of aromatic carboxylic acids is 1. The van der Waals surface area contributed by atoms with Gasteiger partial charge in [-0.2, -0.15) is 0 Å². The van der Waals surface area contributed by atoms with E-state index in [1.54, 1.807) is 13.0 Å². The van der Waals surface area contributed by atoms with Gasteiger partial charge in [0.05, 0.1) is 22.8 Å². The van der Waals surface area contributed by atoms with Gasteiger partial charge in [0.2, 0.25) is 0 Å². The van der Waals surface area contributed by atoms with Gasteiger partial charge in [0.15, 0.2) is 0 Å². The lowest BCUT2D eigenvalue weighted by Gasteiger charge is -2.10. The van der Waals surface area contributed by atoms with Gasteiger partial charge in [-0.3, -0.25) is 0 Å². The van der Waals surface area contributed by atoms with Gasteiger partial charge >= 0.3 is 12.0 Å². The molecule has 0 atom stereocenters. The summed E-state index contributed by atoms with van der Waals surface area (Å²) in [4.78, 5) is 27.0. The average Bonchev–Trinajstić information content (AvgIpc) is 2.84. The van der Waals surface area contributed by atoms with Crippen LogP contribution in [0.15, 0.2) is 23.6 Å². The number of hydrogen-bond acceptors (Lipinski definition) is 4. The Morgan fingerprint density at radius 3 is 2.71 bits per heavy atom. The number of thiazole rings is 1. The maximum absolute atomic E-state index is 11.8. The summed E-state index contributed by atoms with van der Waals surface area (Å²) in [6, 6.07) is 4.19. The Kier molecular flexibility index (Phi) is 4.54. The molecule has 1 heterocycles. The predicted molar refractivity (Wildman–Crippen MR) is 80.8 cm³/mol. The van der Waals surface area contributed by atoms with Crippen LogP contribution in [0.4, 0.5) is 10.5 Å². The van der Waals surface area contributed by atoms with E-state index in [1.165, 1.54) is 23.5 Å². The average molecular weight is 305 g/mol. The SMILES string of the molecule is Cc1nc(CNC(=O)Nc2cc(C(=O)O)ccc2C)cs1. The fourth-order valence-electron chi connectivity index (χ4n) is 1.72. The van der Waals surface area contributed by atoms with Crippen LogP contribution < -0.4 is 10.6 Å². The first kappa shape index (κ1) is 15.0. The number of aryl methyl sites for hydroxylation is 2. The summed E-state index contributed by atoms with van der Waals surface area (Å²) >= 11 is 1.52. The van der Waals surface area contributed by atoms with Gasteiger partial charge in [-0.05, 0) is 31.5 Å². The lowest BCUT2D eigenvalue weighted by atomic mass is 10.1. The molecule has 7 heteroatoms. The van der Waals surface area contributed by atoms with Gasteiger partial charge in [0.25, 0.3) is 0 Å². The second kappa shape index (κ2) is 6.36. The summed E-state index contributed by atoms with van der Waals surface area (Å²) in [5.74, 6) is -1.03. The number of carboxylic acids is 1. The Labute approximate surface area is 125 Å². The molecule has 21 heavy (non-hydrogen) atoms. The molecule has 0 spiro atoms. The molecular formula is C14H15N3O3S. The zero-order valence-electron chi connectivity index (χ0n) is 11.6. The Morgan fingerprint density at radius 1 is 1.33 bits per heavy atom. The summed E-state index contributed by atoms with van der Waals surface area (Å²) in [7, 11) is 0. The van der Waals surface area contributed by atoms with E-state index in [2.05, 4.69) is 15.6 Å². The van der Waals surface area contributed by atoms with Crippen molar-refractivity contribution in [3.05, 3.63) is 45.4 Å². The van der Waals surface area contributed by atoms with Gasteiger partial charge in [-0.25, -0.2) is 14.6 Å². The van der Waals surface area contributed by atoms with Gasteiger partial charge < -0.3 is 15.7 Å². The molecular weight excluding hydrogens is 290 g/mol. The van der Waals surface area contributed by atoms with Crippen molar-refractivity contribution in [1.29, 1.82) is 0 Å². The number of benzene rings is 1. The lowest BCUT2D eigenvalue weighted by molar-refractivity contribution is 0.0697. The van der Waals surface area contributed by atoms with E-state index in [1.807, 2.05) is 12.3 Å². The molecule has 0 aliphatic rings. The molecule has 6 nitrogen and oxygen atoms in total. The first-order chi connectivity index (χ1) is 9.95. The molecule has 0 aliphatic heterocycles. The Morgan fingerprint density at radius 2 is 2.10 bits per heavy atom. The molecule has 2 amide bonds. The van der Waals surface area contributed by atoms with Crippen LogP contribution >= 0.6 is 11.3 Å². The number of amides is 2. The predicted octanol–water partition coefficient (Wildman–Crippen LogP) is 2.78. The molecule has 0 aliphatic carbocycles. The van der Waals surface area contributed by atoms with Crippen LogP contribution in [0.3, 0.4) is 0 Å². The molecule has 110 valence electrons. The summed E-state index contributed by atoms with van der Waals surface area (Å²) in [5, 5.41) is 17.1. The van der Waals surface area contributed by atoms with E-state index in [9.17, 15) is 9.59 Å². The molecule has 0 saturated carbocycles. The number of carbonyl (C=O) groups excluding carboxylic acids is 1. The Balaban J connectivity index is 1.99. The third-order valence-electron chi connectivity index (χ3n) is 2.83. The lowest BCUT2D eigenvalue weighted by Crippen LogP contribution is -2.28. The molecule has 0 bridgehead atoms. The standard InChI is InChI=1S/C14H15N3O3S/c1-8-3-4-10(13(18)19)5-12(8)17-14(20)15-6-11-7-21-9(2)16-11/h3-5,7H,6H2,1-2H3,(H,18,19)(H2,15,17,20). The second-order valence-corrected chi connectivity index (χ2v) is 5.56. The van der Waals surface area contributed by atoms with Crippen molar-refractivity contribution in [3.63, 3.8) is 0 Å². The zero-order valence-corrected chi connectivity index (χ0v) is 12.5. The fraction of sp³-hybridized carbons (Fsp3) is 0.214. The van der Waals surface area contributed by atoms with Crippen LogP contribution in [0.25, 0.3) is 0 Å². The van der Waals surface area contributed by atoms with Crippen molar-refractivity contribution in [3.8, 4) is 0 Å². The minimum Gasteiger partial charge on any atom is -0.478 e. The van der Waals surface area contributed by atoms with Crippen LogP contribution in [0.5, 0.6) is 0 Å². The van der Waals surface area contributed by atoms with Crippen LogP contribution in [0.1, 0.15) is 26.6 Å². The first-order valence-electron chi connectivity index (χ1n) is 6.25. The monoisotopic (exact) mass is 305 g/mol. The van der Waals surface area contributed by atoms with E-state index >= 15 is 0 Å². The molecule has 0 unspecified atom stereocenters. The number of nitrogens with zero attached hydrogens (tertiary/aromatic N) is 1. The third-order valence-corrected chi connectivity index (χ3v) is 3.65. The van der Waals surface area contributed by atoms with E-state index < -0.39 is 12.0 Å². The summed E-state index contributed by atoms with van der Waals surface area (Å²) in [5.41, 5.74) is 2.19. The van der Waals surface area contributed by atoms with E-state index in [-0.39, 0.29) is 5.56 Å². The van der Waals surface area contributed by atoms with Gasteiger partial charge in [-0.15, -0.1) is 11.3 Å². The van der Waals surface area contributed by atoms with Crippen molar-refractivity contribution in [2.45, 2.75) is 20.4 Å². The summed E-state index contributed by atoms with van der Waals surface area (Å²) in [6.45, 7) is 4.02. The van der Waals surface area contributed by atoms with Crippen LogP contribution in [-0.2, 0) is 6.54 Å². The third kappa shape index (κ3) is 4.03. The molecule has 0 saturated heterocycles. The molecule has 1 aromatic heterocycles. The number of carboxylic acid groups (broad SMARTS) is 1. The largest absolute Gasteiger partial charge is 0.478 e. The maximum atomic E-state index is 11.8. The number of urea groups is 1. The second-order valence-electron chi connectivity index (χ2n) is 4.50. The molecule has 2 rings (SSSR count). The van der Waals surface area contributed by atoms with Crippen molar-refractivity contribution < 1.29 is 14.7 Å². The van der Waals surface area contributed by atoms with Crippen molar-refractivity contribution >= 4 is 29.0 Å². The highest BCUT2D eigenvalue weighted by atomic mass is 32.1. The quantitative estimate of drug-likeness (QED) is 0.810. The highest BCUT2D eigenvalue weighted by molar-refractivity contribution is 7.09. The fourth-order valence-corrected chi connectivity index (χ4v) is 2.33. The van der Waals surface area contributed by atoms with Crippen LogP contribution in [0, 0.1) is 13.8 Å². The minimum atomic E-state index is -1.03. The summed E-state index contributed by atoms with van der Waals surface area (Å²) < 4.78 is 0. The molecule has 1 aromatic carbocycles. The van der Waals surface area contributed by atoms with E-state index in [0.29, 0.717) is 12.2 Å². The van der Waals surface area contributed by atoms with Crippen LogP contribution in [-0.4, -0.2) is 22.1 Å². The maximum Gasteiger partial charge on any atom is 0.335 e. The topological polar surface area (TPSA) is 91.3 Å². The van der Waals surface area contributed by atoms with Gasteiger partial charge in [0, 0.05) is 11.1 Å². The van der Waals surface area contributed by atoms with E-state index in [4.69, 9.17) is 5.11 Å². The van der Waals surface area contributed by atoms with Crippen molar-refractivity contribution in [2.24, 2.45) is 0 Å². The van der Waals surface area contributed by atoms with Gasteiger partial charge in [0.1, 0.15) is 0 Å². The van der Waals surface area contributed by atoms with Crippen molar-refractivity contribution in [1.82, 2.24) is 10.3 Å². The number of hydrogen-bond donors (Lipinski definition) is 3. The normalized spacial score (nSPS) is 10.2. The van der Waals surface area contributed by atoms with E-state index in [0.717, 1.165) is 16.3 Å². The number of aromatic nitrogens is 1. The minimum absolute atomic E-state index is 0.131. The van der Waals surface area contributed by atoms with Crippen LogP contribution in [0.2, 0.25) is 0 Å². The van der Waals surface area contributed by atoms with Gasteiger partial charge in [-0.1, -0.05) is 6.07 Å². The molecule has 0 radical (unpaired) electrons. The number of anilines is 1. The summed E-state index contributed by atoms with van der Waals surface area (Å²) in [6.07, 6.45) is 0. The highest BCUT2D eigenvalue weighted by Gasteiger charge is 2.09. The zero-order chi connectivity index (χ0) is 15.4. The smallest absolute Gasteiger partial charge is 0.335 e. The number of nitrogens with one attached hydrogen (secondary N) is 2. The first-order valence-corrected chi connectivity index (χ1v) is 7.13. The highest BCUT2D eigenvalue weighted by Crippen LogP contribution is 2.17. The molecule has 0 fully saturated rings. The number of rotatable bonds is 4. The number of carbonyl (C=O) groups is 2. The molecule has 2 aromatic rings. The Bertz CT molecular complexity index is 682.